The summed E-state index contributed by atoms with van der Waals surface area (Å²) in [6, 6.07) is 0. The molecule has 0 saturated heterocycles. The van der Waals surface area contributed by atoms with E-state index in [0.717, 1.165) is 17.1 Å². The molecule has 0 bridgehead atoms. The molecule has 0 atom stereocenters. The van der Waals surface area contributed by atoms with Crippen molar-refractivity contribution in [2.75, 3.05) is 6.54 Å². The molecule has 0 radical (unpaired) electrons. The first kappa shape index (κ1) is 11.1. The molecule has 0 fully saturated rings. The van der Waals surface area contributed by atoms with Crippen LogP contribution >= 0.6 is 0 Å². The molecule has 1 aliphatic rings. The average Bonchev–Trinajstić information content (AvgIpc) is 2.46. The Labute approximate surface area is 86.6 Å². The number of hydrazone groups is 1. The van der Waals surface area contributed by atoms with E-state index in [0.29, 0.717) is 5.71 Å². The van der Waals surface area contributed by atoms with E-state index in [9.17, 15) is 14.4 Å². The quantitative estimate of drug-likeness (QED) is 0.384. The number of nitrogens with one attached hydrogen (secondary N) is 1. The summed E-state index contributed by atoms with van der Waals surface area (Å²) in [4.78, 5) is 34.2. The fraction of sp³-hybridized carbons (Fsp3) is 0.333. The maximum atomic E-state index is 11.2. The minimum absolute atomic E-state index is 0.304. The van der Waals surface area contributed by atoms with Crippen LogP contribution in [0.5, 0.6) is 0 Å². The summed E-state index contributed by atoms with van der Waals surface area (Å²) in [6.45, 7) is 3.13. The summed E-state index contributed by atoms with van der Waals surface area (Å²) in [5.41, 5.74) is 2.91. The van der Waals surface area contributed by atoms with Crippen molar-refractivity contribution < 1.29 is 14.4 Å². The molecule has 1 aliphatic heterocycles. The summed E-state index contributed by atoms with van der Waals surface area (Å²) in [7, 11) is 0. The largest absolute Gasteiger partial charge is 0.271 e. The van der Waals surface area contributed by atoms with Gasteiger partial charge in [-0.3, -0.25) is 19.3 Å². The summed E-state index contributed by atoms with van der Waals surface area (Å²) >= 11 is 0. The van der Waals surface area contributed by atoms with Gasteiger partial charge in [0.2, 0.25) is 0 Å². The lowest BCUT2D eigenvalue weighted by Gasteiger charge is -2.11. The first-order valence-electron chi connectivity index (χ1n) is 4.34. The Kier molecular flexibility index (Phi) is 3.33. The summed E-state index contributed by atoms with van der Waals surface area (Å²) in [6.07, 6.45) is 2.26. The van der Waals surface area contributed by atoms with Crippen molar-refractivity contribution in [2.45, 2.75) is 13.8 Å². The smallest absolute Gasteiger partial charge is 0.260 e. The normalized spacial score (nSPS) is 14.4. The third-order valence-electron chi connectivity index (χ3n) is 1.61. The molecule has 0 spiro atoms. The van der Waals surface area contributed by atoms with Gasteiger partial charge in [-0.1, -0.05) is 0 Å². The van der Waals surface area contributed by atoms with Gasteiger partial charge < -0.3 is 0 Å². The van der Waals surface area contributed by atoms with Gasteiger partial charge in [-0.2, -0.15) is 5.10 Å². The van der Waals surface area contributed by atoms with Gasteiger partial charge in [0.05, 0.1) is 0 Å². The second-order valence-electron chi connectivity index (χ2n) is 3.19. The maximum absolute atomic E-state index is 11.2. The van der Waals surface area contributed by atoms with Crippen LogP contribution in [0.3, 0.4) is 0 Å². The van der Waals surface area contributed by atoms with E-state index >= 15 is 0 Å². The SMILES string of the molecule is CC(C)=NNC(=O)CN1C(=O)C=CC1=O. The van der Waals surface area contributed by atoms with Gasteiger partial charge in [0.1, 0.15) is 6.54 Å². The lowest BCUT2D eigenvalue weighted by molar-refractivity contribution is -0.141. The highest BCUT2D eigenvalue weighted by molar-refractivity contribution is 6.14. The van der Waals surface area contributed by atoms with E-state index in [1.807, 2.05) is 0 Å². The van der Waals surface area contributed by atoms with Crippen molar-refractivity contribution >= 4 is 23.4 Å². The van der Waals surface area contributed by atoms with Crippen molar-refractivity contribution in [3.8, 4) is 0 Å². The summed E-state index contributed by atoms with van der Waals surface area (Å²) in [5, 5.41) is 3.66. The molecule has 3 amide bonds. The first-order valence-corrected chi connectivity index (χ1v) is 4.34. The number of imide groups is 1. The fourth-order valence-corrected chi connectivity index (χ4v) is 0.940. The molecule has 0 unspecified atom stereocenters. The van der Waals surface area contributed by atoms with Crippen molar-refractivity contribution in [1.29, 1.82) is 0 Å². The minimum Gasteiger partial charge on any atom is -0.271 e. The van der Waals surface area contributed by atoms with E-state index in [-0.39, 0.29) is 6.54 Å². The number of hydrogen-bond donors (Lipinski definition) is 1. The third kappa shape index (κ3) is 3.01. The number of carbonyl (C=O) groups excluding carboxylic acids is 3. The molecular formula is C9H11N3O3. The summed E-state index contributed by atoms with van der Waals surface area (Å²) in [5.74, 6) is -1.46. The molecule has 6 nitrogen and oxygen atoms in total. The Hall–Kier alpha value is -1.98. The molecule has 0 saturated carbocycles. The molecule has 0 aromatic heterocycles. The average molecular weight is 209 g/mol. The number of carbonyl (C=O) groups is 3. The van der Waals surface area contributed by atoms with E-state index < -0.39 is 17.7 Å². The van der Waals surface area contributed by atoms with Crippen LogP contribution in [0, 0.1) is 0 Å². The van der Waals surface area contributed by atoms with Crippen LogP contribution in [0.1, 0.15) is 13.8 Å². The standard InChI is InChI=1S/C9H11N3O3/c1-6(2)10-11-7(13)5-12-8(14)3-4-9(12)15/h3-4H,5H2,1-2H3,(H,11,13). The van der Waals surface area contributed by atoms with Gasteiger partial charge in [0, 0.05) is 17.9 Å². The van der Waals surface area contributed by atoms with E-state index in [1.165, 1.54) is 0 Å². The van der Waals surface area contributed by atoms with Crippen molar-refractivity contribution in [2.24, 2.45) is 5.10 Å². The highest BCUT2D eigenvalue weighted by Crippen LogP contribution is 2.01. The van der Waals surface area contributed by atoms with Gasteiger partial charge in [-0.05, 0) is 13.8 Å². The molecule has 1 heterocycles. The van der Waals surface area contributed by atoms with Gasteiger partial charge in [0.15, 0.2) is 0 Å². The number of nitrogens with zero attached hydrogens (tertiary/aromatic N) is 2. The van der Waals surface area contributed by atoms with Crippen LogP contribution in [0.25, 0.3) is 0 Å². The topological polar surface area (TPSA) is 78.8 Å². The van der Waals surface area contributed by atoms with Gasteiger partial charge in [0.25, 0.3) is 17.7 Å². The Morgan fingerprint density at radius 2 is 1.87 bits per heavy atom. The maximum Gasteiger partial charge on any atom is 0.260 e. The number of rotatable bonds is 3. The zero-order valence-corrected chi connectivity index (χ0v) is 8.48. The summed E-state index contributed by atoms with van der Waals surface area (Å²) < 4.78 is 0. The van der Waals surface area contributed by atoms with E-state index in [4.69, 9.17) is 0 Å². The predicted octanol–water partition coefficient (Wildman–Crippen LogP) is -0.577. The molecule has 0 aromatic rings. The lowest BCUT2D eigenvalue weighted by atomic mass is 10.5. The molecule has 1 rings (SSSR count). The van der Waals surface area contributed by atoms with Crippen LogP contribution in [-0.4, -0.2) is 34.9 Å². The van der Waals surface area contributed by atoms with E-state index in [1.54, 1.807) is 13.8 Å². The minimum atomic E-state index is -0.499. The van der Waals surface area contributed by atoms with E-state index in [2.05, 4.69) is 10.5 Å². The highest BCUT2D eigenvalue weighted by atomic mass is 16.2. The Morgan fingerprint density at radius 3 is 2.33 bits per heavy atom. The number of amides is 3. The Bertz CT molecular complexity index is 349. The highest BCUT2D eigenvalue weighted by Gasteiger charge is 2.25. The molecule has 80 valence electrons. The van der Waals surface area contributed by atoms with Crippen molar-refractivity contribution in [3.63, 3.8) is 0 Å². The van der Waals surface area contributed by atoms with Gasteiger partial charge in [-0.25, -0.2) is 5.43 Å². The fourth-order valence-electron chi connectivity index (χ4n) is 0.940. The monoisotopic (exact) mass is 209 g/mol. The van der Waals surface area contributed by atoms with Crippen LogP contribution in [-0.2, 0) is 14.4 Å². The molecular weight excluding hydrogens is 198 g/mol. The van der Waals surface area contributed by atoms with Gasteiger partial charge in [-0.15, -0.1) is 0 Å². The lowest BCUT2D eigenvalue weighted by Crippen LogP contribution is -2.39. The van der Waals surface area contributed by atoms with Crippen LogP contribution in [0.4, 0.5) is 0 Å². The third-order valence-corrected chi connectivity index (χ3v) is 1.61. The zero-order chi connectivity index (χ0) is 11.4. The molecule has 6 heteroatoms. The number of hydrogen-bond acceptors (Lipinski definition) is 4. The second kappa shape index (κ2) is 4.50. The van der Waals surface area contributed by atoms with Crippen LogP contribution in [0.2, 0.25) is 0 Å². The van der Waals surface area contributed by atoms with Crippen molar-refractivity contribution in [1.82, 2.24) is 10.3 Å². The molecule has 15 heavy (non-hydrogen) atoms. The Morgan fingerprint density at radius 1 is 1.33 bits per heavy atom. The predicted molar refractivity (Wildman–Crippen MR) is 52.8 cm³/mol. The second-order valence-corrected chi connectivity index (χ2v) is 3.19. The van der Waals surface area contributed by atoms with Gasteiger partial charge >= 0.3 is 0 Å². The Balaban J connectivity index is 2.49. The van der Waals surface area contributed by atoms with Crippen LogP contribution in [0.15, 0.2) is 17.3 Å². The van der Waals surface area contributed by atoms with Crippen molar-refractivity contribution in [3.05, 3.63) is 12.2 Å². The first-order chi connectivity index (χ1) is 7.00. The zero-order valence-electron chi connectivity index (χ0n) is 8.48. The molecule has 0 aliphatic carbocycles. The molecule has 0 aromatic carbocycles. The molecule has 1 N–H and O–H groups in total. The van der Waals surface area contributed by atoms with Crippen LogP contribution < -0.4 is 5.43 Å².